The zero-order valence-electron chi connectivity index (χ0n) is 56.2. The minimum atomic E-state index is -2.67. The number of thioether (sulfide) groups is 1. The molecule has 0 spiro atoms. The van der Waals surface area contributed by atoms with Crippen molar-refractivity contribution in [3.05, 3.63) is 187 Å². The number of hydrogen-bond acceptors (Lipinski definition) is 9. The second-order valence-electron chi connectivity index (χ2n) is 16.0. The molecule has 0 bridgehead atoms. The van der Waals surface area contributed by atoms with Crippen molar-refractivity contribution in [2.75, 3.05) is 59.4 Å². The van der Waals surface area contributed by atoms with Gasteiger partial charge in [-0.05, 0) is 66.8 Å². The first-order valence-electron chi connectivity index (χ1n) is 28.4. The van der Waals surface area contributed by atoms with Crippen LogP contribution in [0.1, 0.15) is 166 Å². The van der Waals surface area contributed by atoms with Gasteiger partial charge in [-0.15, -0.1) is 0 Å². The first kappa shape index (κ1) is 100. The van der Waals surface area contributed by atoms with E-state index in [1.807, 2.05) is 106 Å². The Morgan fingerprint density at radius 3 is 0.914 bits per heavy atom. The fraction of sp³-hybridized carbons (Fsp3) is 0.478. The van der Waals surface area contributed by atoms with Crippen molar-refractivity contribution in [2.24, 2.45) is 0 Å². The molecule has 12 heteroatoms. The van der Waals surface area contributed by atoms with Crippen molar-refractivity contribution < 1.29 is 92.8 Å². The number of ketones is 1. The zero-order valence-corrected chi connectivity index (χ0v) is 63.5. The number of sulfone groups is 1. The topological polar surface area (TPSA) is 85.4 Å². The molecule has 0 fully saturated rings. The largest absolute Gasteiger partial charge is 0.478 e. The van der Waals surface area contributed by atoms with Crippen LogP contribution in [-0.4, -0.2) is 83.4 Å². The third-order valence-electron chi connectivity index (χ3n) is 7.69. The predicted octanol–water partition coefficient (Wildman–Crippen LogP) is 20.1. The summed E-state index contributed by atoms with van der Waals surface area (Å²) < 4.78 is 35.1. The zero-order chi connectivity index (χ0) is 61.4. The number of fused-ring (bicyclic) bond motifs is 3. The third-order valence-corrected chi connectivity index (χ3v) is 7.69. The van der Waals surface area contributed by atoms with Crippen molar-refractivity contribution in [2.45, 2.75) is 163 Å². The molecule has 0 amide bonds. The maximum Gasteiger partial charge on any atom is 0.144 e. The third kappa shape index (κ3) is 69.6. The first-order chi connectivity index (χ1) is 37.6. The number of rotatable bonds is 4. The Morgan fingerprint density at radius 2 is 0.679 bits per heavy atom. The molecule has 0 unspecified atom stereocenters. The number of ether oxygens (including phenoxy) is 3. The van der Waals surface area contributed by atoms with Crippen LogP contribution in [-0.2, 0) is 104 Å². The Kier molecular flexibility index (Phi) is 98.1. The quantitative estimate of drug-likeness (QED) is 0.160. The van der Waals surface area contributed by atoms with Crippen LogP contribution < -0.4 is 9.47 Å². The Labute approximate surface area is 557 Å². The fourth-order valence-corrected chi connectivity index (χ4v) is 5.47. The van der Waals surface area contributed by atoms with E-state index in [-0.39, 0.29) is 78.6 Å². The smallest absolute Gasteiger partial charge is 0.144 e. The van der Waals surface area contributed by atoms with Gasteiger partial charge in [0.15, 0.2) is 0 Å². The molecule has 2 aliphatic heterocycles. The molecule has 81 heavy (non-hydrogen) atoms. The average Bonchev–Trinajstić information content (AvgIpc) is 3.45. The maximum absolute atomic E-state index is 9.63. The number of benzene rings is 6. The van der Waals surface area contributed by atoms with Crippen molar-refractivity contribution in [1.29, 1.82) is 0 Å². The summed E-state index contributed by atoms with van der Waals surface area (Å²) in [6.07, 6.45) is 11.2. The molecule has 0 N–H and O–H groups in total. The Balaban J connectivity index is -0.0000000926. The summed E-state index contributed by atoms with van der Waals surface area (Å²) in [6.45, 7) is 39.8. The Morgan fingerprint density at radius 1 is 0.481 bits per heavy atom. The van der Waals surface area contributed by atoms with Gasteiger partial charge in [-0.25, -0.2) is 8.42 Å². The van der Waals surface area contributed by atoms with Gasteiger partial charge in [0.2, 0.25) is 0 Å². The SMILES string of the molecule is CC.CC.CC.CC.CC.CC(C)=O.CCC.CCC.CCC.COC.CS(C)(=O)=O.CSC.[CH3-].[Y].[Y].c1ccc(Cc2ccccc2)cc1.c1ccc2c(c1)CN(CN1COc3ccccc3C1)CO2.c1ccc2ccccc2c1. The number of carbonyl (C=O) groups excluding carboxylic acids is 1. The molecule has 2 aliphatic rings. The van der Waals surface area contributed by atoms with Gasteiger partial charge in [0.1, 0.15) is 40.6 Å². The van der Waals surface area contributed by atoms with Gasteiger partial charge in [-0.2, -0.15) is 11.8 Å². The minimum Gasteiger partial charge on any atom is -0.478 e. The molecule has 8 rings (SSSR count). The first-order valence-corrected chi connectivity index (χ1v) is 32.3. The second-order valence-corrected chi connectivity index (χ2v) is 19.1. The van der Waals surface area contributed by atoms with Crippen LogP contribution in [0.5, 0.6) is 11.5 Å². The molecule has 2 radical (unpaired) electrons. The maximum atomic E-state index is 9.63. The van der Waals surface area contributed by atoms with Crippen molar-refractivity contribution in [3.8, 4) is 11.5 Å². The van der Waals surface area contributed by atoms with Crippen LogP contribution in [0, 0.1) is 7.43 Å². The molecule has 0 saturated carbocycles. The molecule has 0 atom stereocenters. The van der Waals surface area contributed by atoms with Crippen LogP contribution in [0.15, 0.2) is 158 Å². The molecular weight excluding hydrogens is 1190 g/mol. The van der Waals surface area contributed by atoms with Crippen LogP contribution in [0.25, 0.3) is 10.8 Å². The molecule has 0 aromatic heterocycles. The Hall–Kier alpha value is -2.76. The van der Waals surface area contributed by atoms with E-state index >= 15 is 0 Å². The second kappa shape index (κ2) is 79.3. The average molecular weight is 1310 g/mol. The van der Waals surface area contributed by atoms with E-state index in [2.05, 4.69) is 190 Å². The number of nitrogens with zero attached hydrogens (tertiary/aromatic N) is 2. The summed E-state index contributed by atoms with van der Waals surface area (Å²) in [7, 11) is 0.583. The van der Waals surface area contributed by atoms with Gasteiger partial charge < -0.3 is 26.4 Å². The van der Waals surface area contributed by atoms with Crippen LogP contribution >= 0.6 is 11.8 Å². The van der Waals surface area contributed by atoms with Gasteiger partial charge >= 0.3 is 0 Å². The summed E-state index contributed by atoms with van der Waals surface area (Å²) in [5.74, 6) is 2.18. The van der Waals surface area contributed by atoms with Crippen LogP contribution in [0.4, 0.5) is 0 Å². The van der Waals surface area contributed by atoms with E-state index in [0.717, 1.165) is 50.2 Å². The number of hydrogen-bond donors (Lipinski definition) is 0. The molecule has 0 aliphatic carbocycles. The van der Waals surface area contributed by atoms with E-state index < -0.39 is 9.84 Å². The van der Waals surface area contributed by atoms with Gasteiger partial charge in [0.25, 0.3) is 0 Å². The van der Waals surface area contributed by atoms with Crippen molar-refractivity contribution >= 4 is 38.2 Å². The van der Waals surface area contributed by atoms with E-state index in [1.54, 1.807) is 26.0 Å². The molecule has 6 aromatic carbocycles. The van der Waals surface area contributed by atoms with Crippen LogP contribution in [0.2, 0.25) is 0 Å². The van der Waals surface area contributed by atoms with Gasteiger partial charge in [-0.1, -0.05) is 276 Å². The molecular formula is C69H119N2O6S2Y2-. The molecule has 6 aromatic rings. The van der Waals surface area contributed by atoms with Gasteiger partial charge in [0, 0.05) is 116 Å². The monoisotopic (exact) mass is 1310 g/mol. The normalized spacial score (nSPS) is 10.1. The fourth-order valence-electron chi connectivity index (χ4n) is 5.47. The van der Waals surface area contributed by atoms with Gasteiger partial charge in [0.05, 0.1) is 6.67 Å². The van der Waals surface area contributed by atoms with E-state index in [0.29, 0.717) is 13.5 Å². The minimum absolute atomic E-state index is 0. The van der Waals surface area contributed by atoms with Crippen molar-refractivity contribution in [3.63, 3.8) is 0 Å². The summed E-state index contributed by atoms with van der Waals surface area (Å²) >= 11 is 1.75. The summed E-state index contributed by atoms with van der Waals surface area (Å²) in [4.78, 5) is 14.0. The molecule has 2 heterocycles. The van der Waals surface area contributed by atoms with Gasteiger partial charge in [-0.3, -0.25) is 9.80 Å². The van der Waals surface area contributed by atoms with Crippen LogP contribution in [0.3, 0.4) is 0 Å². The standard InChI is InChI=1S/C17H18N2O2.C13H12.C10H8.C3H6O.3C3H8.C2H6O2S.C2H6O.C2H6S.5C2H6.CH3.2Y/c1-3-7-16-14(5-1)9-18(12-20-16)11-19-10-15-6-2-4-8-17(15)21-13-19;1-3-7-12(8-4-1)11-13-9-5-2-6-10-13;1-2-6-10-8-4-3-7-9(10)5-1;1-3(2)4;3*1-3-2;1-5(2,3)4;2*1-3-2;5*1-2;;;/h1-8H,9-13H2;1-10H,11H2;1-8H;1-2H3;3*3H2,1-2H3;1-2H3;2*1-2H3;5*1-2H3;1H3;;/q;;;;;;;;;;;;;;;-1;;. The summed E-state index contributed by atoms with van der Waals surface area (Å²) in [6, 6.07) is 54.3. The number of Topliss-reactive ketones (excluding diaryl/α,β-unsaturated/α-hetero) is 1. The van der Waals surface area contributed by atoms with Crippen molar-refractivity contribution in [1.82, 2.24) is 9.80 Å². The molecule has 460 valence electrons. The summed E-state index contributed by atoms with van der Waals surface area (Å²) in [5, 5.41) is 2.62. The molecule has 0 saturated heterocycles. The predicted molar refractivity (Wildman–Crippen MR) is 360 cm³/mol. The molecule has 8 nitrogen and oxygen atoms in total. The van der Waals surface area contributed by atoms with E-state index in [9.17, 15) is 13.2 Å². The number of carbonyl (C=O) groups is 1. The van der Waals surface area contributed by atoms with E-state index in [1.165, 1.54) is 66.1 Å². The number of para-hydroxylation sites is 2. The van der Waals surface area contributed by atoms with E-state index in [4.69, 9.17) is 9.47 Å². The summed E-state index contributed by atoms with van der Waals surface area (Å²) in [5.41, 5.74) is 5.24. The Bertz CT molecular complexity index is 2020. The number of methoxy groups -OCH3 is 1.